The van der Waals surface area contributed by atoms with Crippen LogP contribution in [0.2, 0.25) is 0 Å². The van der Waals surface area contributed by atoms with Crippen molar-refractivity contribution in [2.75, 3.05) is 0 Å². The second-order valence-corrected chi connectivity index (χ2v) is 5.29. The summed E-state index contributed by atoms with van der Waals surface area (Å²) in [5, 5.41) is 3.18. The van der Waals surface area contributed by atoms with Crippen molar-refractivity contribution in [3.05, 3.63) is 70.8 Å². The van der Waals surface area contributed by atoms with Gasteiger partial charge in [0.1, 0.15) is 11.6 Å². The van der Waals surface area contributed by atoms with Crippen LogP contribution < -0.4 is 5.32 Å². The second kappa shape index (κ2) is 5.74. The summed E-state index contributed by atoms with van der Waals surface area (Å²) in [5.74, 6) is -1.37. The van der Waals surface area contributed by atoms with Gasteiger partial charge in [-0.3, -0.25) is 4.79 Å². The standard InChI is InChI=1S/C17H15F2NO/c18-14-6-5-12(15(19)9-14)8-17(21)16-7-11-3-1-2-4-13(11)10-20-16/h1-6,9,16,20H,7-8,10H2. The quantitative estimate of drug-likeness (QED) is 0.940. The molecule has 0 fully saturated rings. The molecule has 0 aliphatic carbocycles. The number of carbonyl (C=O) groups excluding carboxylic acids is 1. The molecule has 0 bridgehead atoms. The normalized spacial score (nSPS) is 17.3. The monoisotopic (exact) mass is 287 g/mol. The van der Waals surface area contributed by atoms with E-state index in [4.69, 9.17) is 0 Å². The highest BCUT2D eigenvalue weighted by Gasteiger charge is 2.24. The predicted octanol–water partition coefficient (Wildman–Crippen LogP) is 2.79. The van der Waals surface area contributed by atoms with E-state index in [1.165, 1.54) is 17.7 Å². The van der Waals surface area contributed by atoms with Crippen LogP contribution in [0.4, 0.5) is 8.78 Å². The summed E-state index contributed by atoms with van der Waals surface area (Å²) in [6, 6.07) is 11.0. The molecule has 1 heterocycles. The van der Waals surface area contributed by atoms with Crippen molar-refractivity contribution in [1.82, 2.24) is 5.32 Å². The molecule has 2 nitrogen and oxygen atoms in total. The highest BCUT2D eigenvalue weighted by molar-refractivity contribution is 5.86. The lowest BCUT2D eigenvalue weighted by Gasteiger charge is -2.25. The Kier molecular flexibility index (Phi) is 3.80. The number of Topliss-reactive ketones (excluding diaryl/α,β-unsaturated/α-hetero) is 1. The number of hydrogen-bond acceptors (Lipinski definition) is 2. The molecule has 1 N–H and O–H groups in total. The van der Waals surface area contributed by atoms with Gasteiger partial charge >= 0.3 is 0 Å². The molecule has 0 radical (unpaired) electrons. The molecule has 21 heavy (non-hydrogen) atoms. The SMILES string of the molecule is O=C(Cc1ccc(F)cc1F)C1Cc2ccccc2CN1. The van der Waals surface area contributed by atoms with Gasteiger partial charge in [-0.1, -0.05) is 30.3 Å². The molecule has 0 saturated carbocycles. The van der Waals surface area contributed by atoms with E-state index in [1.54, 1.807) is 0 Å². The Morgan fingerprint density at radius 2 is 1.90 bits per heavy atom. The molecular formula is C17H15F2NO. The van der Waals surface area contributed by atoms with Gasteiger partial charge in [-0.25, -0.2) is 8.78 Å². The smallest absolute Gasteiger partial charge is 0.154 e. The Balaban J connectivity index is 1.72. The first-order valence-electron chi connectivity index (χ1n) is 6.90. The number of benzene rings is 2. The number of carbonyl (C=O) groups is 1. The average molecular weight is 287 g/mol. The highest BCUT2D eigenvalue weighted by Crippen LogP contribution is 2.18. The third-order valence-electron chi connectivity index (χ3n) is 3.85. The largest absolute Gasteiger partial charge is 0.303 e. The molecule has 3 rings (SSSR count). The van der Waals surface area contributed by atoms with E-state index in [-0.39, 0.29) is 23.8 Å². The molecule has 2 aromatic rings. The van der Waals surface area contributed by atoms with Crippen LogP contribution in [-0.2, 0) is 24.2 Å². The lowest BCUT2D eigenvalue weighted by atomic mass is 9.91. The number of halogens is 2. The van der Waals surface area contributed by atoms with Crippen molar-refractivity contribution in [2.24, 2.45) is 0 Å². The highest BCUT2D eigenvalue weighted by atomic mass is 19.1. The molecule has 1 unspecified atom stereocenters. The van der Waals surface area contributed by atoms with Crippen LogP contribution in [0, 0.1) is 11.6 Å². The van der Waals surface area contributed by atoms with Gasteiger partial charge in [0, 0.05) is 19.0 Å². The predicted molar refractivity (Wildman–Crippen MR) is 75.8 cm³/mol. The maximum absolute atomic E-state index is 13.6. The molecule has 4 heteroatoms. The van der Waals surface area contributed by atoms with Gasteiger partial charge in [0.2, 0.25) is 0 Å². The van der Waals surface area contributed by atoms with Crippen LogP contribution in [0.3, 0.4) is 0 Å². The van der Waals surface area contributed by atoms with E-state index in [0.29, 0.717) is 13.0 Å². The lowest BCUT2D eigenvalue weighted by molar-refractivity contribution is -0.120. The fraction of sp³-hybridized carbons (Fsp3) is 0.235. The Hall–Kier alpha value is -2.07. The Morgan fingerprint density at radius 1 is 1.14 bits per heavy atom. The van der Waals surface area contributed by atoms with Gasteiger partial charge in [-0.05, 0) is 29.2 Å². The van der Waals surface area contributed by atoms with Crippen molar-refractivity contribution < 1.29 is 13.6 Å². The molecule has 2 aromatic carbocycles. The van der Waals surface area contributed by atoms with Crippen molar-refractivity contribution >= 4 is 5.78 Å². The number of nitrogens with one attached hydrogen (secondary N) is 1. The summed E-state index contributed by atoms with van der Waals surface area (Å²) in [6.07, 6.45) is 0.587. The summed E-state index contributed by atoms with van der Waals surface area (Å²) < 4.78 is 26.5. The Bertz CT molecular complexity index is 684. The van der Waals surface area contributed by atoms with Crippen LogP contribution in [0.25, 0.3) is 0 Å². The van der Waals surface area contributed by atoms with Crippen LogP contribution in [0.1, 0.15) is 16.7 Å². The summed E-state index contributed by atoms with van der Waals surface area (Å²) in [4.78, 5) is 12.3. The van der Waals surface area contributed by atoms with E-state index in [9.17, 15) is 13.6 Å². The molecule has 1 aliphatic rings. The number of fused-ring (bicyclic) bond motifs is 1. The van der Waals surface area contributed by atoms with Crippen molar-refractivity contribution in [3.63, 3.8) is 0 Å². The average Bonchev–Trinajstić information content (AvgIpc) is 2.49. The van der Waals surface area contributed by atoms with Gasteiger partial charge in [0.05, 0.1) is 6.04 Å². The molecule has 1 atom stereocenters. The van der Waals surface area contributed by atoms with E-state index in [0.717, 1.165) is 11.6 Å². The number of ketones is 1. The van der Waals surface area contributed by atoms with Crippen molar-refractivity contribution in [3.8, 4) is 0 Å². The van der Waals surface area contributed by atoms with Gasteiger partial charge < -0.3 is 5.32 Å². The summed E-state index contributed by atoms with van der Waals surface area (Å²) in [6.45, 7) is 0.637. The third kappa shape index (κ3) is 3.00. The summed E-state index contributed by atoms with van der Waals surface area (Å²) in [5.41, 5.74) is 2.57. The van der Waals surface area contributed by atoms with Crippen molar-refractivity contribution in [2.45, 2.75) is 25.4 Å². The maximum atomic E-state index is 13.6. The molecule has 0 spiro atoms. The van der Waals surface area contributed by atoms with Gasteiger partial charge in [-0.2, -0.15) is 0 Å². The summed E-state index contributed by atoms with van der Waals surface area (Å²) >= 11 is 0. The summed E-state index contributed by atoms with van der Waals surface area (Å²) in [7, 11) is 0. The first-order chi connectivity index (χ1) is 10.1. The van der Waals surface area contributed by atoms with E-state index >= 15 is 0 Å². The molecular weight excluding hydrogens is 272 g/mol. The zero-order valence-corrected chi connectivity index (χ0v) is 11.4. The zero-order valence-electron chi connectivity index (χ0n) is 11.4. The van der Waals surface area contributed by atoms with Crippen LogP contribution in [-0.4, -0.2) is 11.8 Å². The first kappa shape index (κ1) is 13.9. The maximum Gasteiger partial charge on any atom is 0.154 e. The molecule has 0 amide bonds. The van der Waals surface area contributed by atoms with Gasteiger partial charge in [-0.15, -0.1) is 0 Å². The number of hydrogen-bond donors (Lipinski definition) is 1. The Labute approximate surface area is 121 Å². The molecule has 1 aliphatic heterocycles. The number of rotatable bonds is 3. The second-order valence-electron chi connectivity index (χ2n) is 5.29. The van der Waals surface area contributed by atoms with E-state index < -0.39 is 11.6 Å². The molecule has 0 saturated heterocycles. The van der Waals surface area contributed by atoms with Gasteiger partial charge in [0.25, 0.3) is 0 Å². The van der Waals surface area contributed by atoms with Crippen LogP contribution in [0.15, 0.2) is 42.5 Å². The van der Waals surface area contributed by atoms with E-state index in [2.05, 4.69) is 5.32 Å². The van der Waals surface area contributed by atoms with Crippen molar-refractivity contribution in [1.29, 1.82) is 0 Å². The zero-order chi connectivity index (χ0) is 14.8. The minimum Gasteiger partial charge on any atom is -0.303 e. The fourth-order valence-electron chi connectivity index (χ4n) is 2.66. The Morgan fingerprint density at radius 3 is 2.67 bits per heavy atom. The minimum absolute atomic E-state index is 0.0219. The van der Waals surface area contributed by atoms with E-state index in [1.807, 2.05) is 24.3 Å². The topological polar surface area (TPSA) is 29.1 Å². The van der Waals surface area contributed by atoms with Gasteiger partial charge in [0.15, 0.2) is 5.78 Å². The fourth-order valence-corrected chi connectivity index (χ4v) is 2.66. The molecule has 0 aromatic heterocycles. The third-order valence-corrected chi connectivity index (χ3v) is 3.85. The van der Waals surface area contributed by atoms with Crippen LogP contribution >= 0.6 is 0 Å². The van der Waals surface area contributed by atoms with Crippen LogP contribution in [0.5, 0.6) is 0 Å². The first-order valence-corrected chi connectivity index (χ1v) is 6.90. The minimum atomic E-state index is -0.667. The lowest BCUT2D eigenvalue weighted by Crippen LogP contribution is -2.42. The molecule has 108 valence electrons.